The molecule has 5 heteroatoms. The van der Waals surface area contributed by atoms with Crippen molar-refractivity contribution in [3.63, 3.8) is 0 Å². The SMILES string of the molecule is CCC[C@@H](CC)n1c(=O)[nH]c2ncc(Cl)cc21. The average Bonchev–Trinajstić information content (AvgIpc) is 2.62. The fourth-order valence-electron chi connectivity index (χ4n) is 2.19. The third-order valence-corrected chi connectivity index (χ3v) is 3.20. The van der Waals surface area contributed by atoms with Crippen LogP contribution >= 0.6 is 11.6 Å². The lowest BCUT2D eigenvalue weighted by molar-refractivity contribution is 0.447. The molecule has 2 aromatic heterocycles. The minimum absolute atomic E-state index is 0.102. The first-order chi connectivity index (χ1) is 8.17. The van der Waals surface area contributed by atoms with Crippen molar-refractivity contribution < 1.29 is 0 Å². The molecule has 0 amide bonds. The Balaban J connectivity index is 2.62. The van der Waals surface area contributed by atoms with Crippen molar-refractivity contribution in [1.82, 2.24) is 14.5 Å². The van der Waals surface area contributed by atoms with Gasteiger partial charge in [-0.3, -0.25) is 9.55 Å². The van der Waals surface area contributed by atoms with E-state index in [9.17, 15) is 4.79 Å². The molecule has 0 fully saturated rings. The maximum atomic E-state index is 11.9. The number of nitrogens with one attached hydrogen (secondary N) is 1. The largest absolute Gasteiger partial charge is 0.327 e. The molecule has 0 aromatic carbocycles. The number of nitrogens with zero attached hydrogens (tertiary/aromatic N) is 2. The molecule has 0 spiro atoms. The highest BCUT2D eigenvalue weighted by Gasteiger charge is 2.15. The van der Waals surface area contributed by atoms with Crippen LogP contribution in [0.2, 0.25) is 5.02 Å². The second-order valence-corrected chi connectivity index (χ2v) is 4.61. The Bertz CT molecular complexity index is 573. The average molecular weight is 254 g/mol. The Labute approximate surface area is 105 Å². The van der Waals surface area contributed by atoms with Gasteiger partial charge in [-0.1, -0.05) is 31.9 Å². The second-order valence-electron chi connectivity index (χ2n) is 4.17. The molecule has 92 valence electrons. The highest BCUT2D eigenvalue weighted by Crippen LogP contribution is 2.22. The number of imidazole rings is 1. The summed E-state index contributed by atoms with van der Waals surface area (Å²) in [5, 5.41) is 0.552. The minimum Gasteiger partial charge on any atom is -0.290 e. The number of aromatic amines is 1. The molecule has 2 heterocycles. The Morgan fingerprint density at radius 3 is 2.94 bits per heavy atom. The van der Waals surface area contributed by atoms with Crippen LogP contribution in [0.25, 0.3) is 11.2 Å². The zero-order chi connectivity index (χ0) is 12.4. The summed E-state index contributed by atoms with van der Waals surface area (Å²) in [6.45, 7) is 4.21. The monoisotopic (exact) mass is 253 g/mol. The molecule has 1 N–H and O–H groups in total. The van der Waals surface area contributed by atoms with Gasteiger partial charge in [-0.25, -0.2) is 9.78 Å². The van der Waals surface area contributed by atoms with Gasteiger partial charge in [-0.05, 0) is 18.9 Å². The van der Waals surface area contributed by atoms with Crippen LogP contribution in [0, 0.1) is 0 Å². The zero-order valence-corrected chi connectivity index (χ0v) is 10.8. The lowest BCUT2D eigenvalue weighted by Crippen LogP contribution is -2.21. The topological polar surface area (TPSA) is 50.7 Å². The molecule has 1 atom stereocenters. The van der Waals surface area contributed by atoms with Gasteiger partial charge in [0, 0.05) is 12.2 Å². The van der Waals surface area contributed by atoms with Crippen molar-refractivity contribution in [2.45, 2.75) is 39.2 Å². The van der Waals surface area contributed by atoms with Gasteiger partial charge in [0.05, 0.1) is 10.5 Å². The summed E-state index contributed by atoms with van der Waals surface area (Å²) < 4.78 is 1.78. The summed E-state index contributed by atoms with van der Waals surface area (Å²) in [6.07, 6.45) is 4.50. The quantitative estimate of drug-likeness (QED) is 0.910. The number of H-pyrrole nitrogens is 1. The van der Waals surface area contributed by atoms with Crippen molar-refractivity contribution >= 4 is 22.8 Å². The molecule has 2 aromatic rings. The van der Waals surface area contributed by atoms with Gasteiger partial charge in [-0.2, -0.15) is 0 Å². The highest BCUT2D eigenvalue weighted by molar-refractivity contribution is 6.31. The van der Waals surface area contributed by atoms with Gasteiger partial charge in [0.25, 0.3) is 0 Å². The summed E-state index contributed by atoms with van der Waals surface area (Å²) in [5.41, 5.74) is 1.30. The van der Waals surface area contributed by atoms with Gasteiger partial charge in [0.2, 0.25) is 0 Å². The number of aromatic nitrogens is 3. The molecule has 0 radical (unpaired) electrons. The first-order valence-electron chi connectivity index (χ1n) is 5.93. The van der Waals surface area contributed by atoms with Crippen LogP contribution < -0.4 is 5.69 Å². The molecule has 0 aliphatic rings. The van der Waals surface area contributed by atoms with Gasteiger partial charge < -0.3 is 0 Å². The van der Waals surface area contributed by atoms with Crippen molar-refractivity contribution in [2.75, 3.05) is 0 Å². The van der Waals surface area contributed by atoms with Crippen molar-refractivity contribution in [3.8, 4) is 0 Å². The smallest absolute Gasteiger partial charge is 0.290 e. The van der Waals surface area contributed by atoms with Crippen LogP contribution in [0.4, 0.5) is 0 Å². The van der Waals surface area contributed by atoms with E-state index in [4.69, 9.17) is 11.6 Å². The predicted octanol–water partition coefficient (Wildman–Crippen LogP) is 3.13. The van der Waals surface area contributed by atoms with Crippen LogP contribution in [0.5, 0.6) is 0 Å². The van der Waals surface area contributed by atoms with Crippen LogP contribution in [0.3, 0.4) is 0 Å². The zero-order valence-electron chi connectivity index (χ0n) is 10.0. The van der Waals surface area contributed by atoms with Gasteiger partial charge in [0.1, 0.15) is 0 Å². The molecule has 2 rings (SSSR count). The molecule has 0 saturated heterocycles. The Morgan fingerprint density at radius 2 is 2.29 bits per heavy atom. The number of halogens is 1. The van der Waals surface area contributed by atoms with E-state index in [2.05, 4.69) is 23.8 Å². The summed E-state index contributed by atoms with van der Waals surface area (Å²) in [4.78, 5) is 18.8. The van der Waals surface area contributed by atoms with Gasteiger partial charge >= 0.3 is 5.69 Å². The van der Waals surface area contributed by atoms with Crippen LogP contribution in [-0.4, -0.2) is 14.5 Å². The lowest BCUT2D eigenvalue weighted by atomic mass is 10.1. The second kappa shape index (κ2) is 4.92. The van der Waals surface area contributed by atoms with E-state index in [0.717, 1.165) is 24.8 Å². The third-order valence-electron chi connectivity index (χ3n) is 3.00. The Hall–Kier alpha value is -1.29. The van der Waals surface area contributed by atoms with E-state index >= 15 is 0 Å². The molecular formula is C12H16ClN3O. The minimum atomic E-state index is -0.102. The number of hydrogen-bond donors (Lipinski definition) is 1. The summed E-state index contributed by atoms with van der Waals surface area (Å²) in [5.74, 6) is 0. The molecule has 0 aliphatic heterocycles. The van der Waals surface area contributed by atoms with Crippen molar-refractivity contribution in [2.24, 2.45) is 0 Å². The molecular weight excluding hydrogens is 238 g/mol. The first-order valence-corrected chi connectivity index (χ1v) is 6.31. The first kappa shape index (κ1) is 12.2. The molecule has 17 heavy (non-hydrogen) atoms. The maximum Gasteiger partial charge on any atom is 0.327 e. The highest BCUT2D eigenvalue weighted by atomic mass is 35.5. The standard InChI is InChI=1S/C12H16ClN3O/c1-3-5-9(4-2)16-10-6-8(13)7-14-11(10)15-12(16)17/h6-7,9H,3-5H2,1-2H3,(H,14,15,17)/t9-/m1/s1. The van der Waals surface area contributed by atoms with E-state index in [0.29, 0.717) is 10.7 Å². The molecule has 0 bridgehead atoms. The Kier molecular flexibility index (Phi) is 3.52. The lowest BCUT2D eigenvalue weighted by Gasteiger charge is -2.15. The summed E-state index contributed by atoms with van der Waals surface area (Å²) in [6, 6.07) is 2.00. The Morgan fingerprint density at radius 1 is 1.53 bits per heavy atom. The number of fused-ring (bicyclic) bond motifs is 1. The van der Waals surface area contributed by atoms with E-state index in [1.54, 1.807) is 16.8 Å². The van der Waals surface area contributed by atoms with Crippen molar-refractivity contribution in [1.29, 1.82) is 0 Å². The maximum absolute atomic E-state index is 11.9. The summed E-state index contributed by atoms with van der Waals surface area (Å²) >= 11 is 5.93. The van der Waals surface area contributed by atoms with Crippen molar-refractivity contribution in [3.05, 3.63) is 27.8 Å². The van der Waals surface area contributed by atoms with Gasteiger partial charge in [0.15, 0.2) is 5.65 Å². The number of pyridine rings is 1. The number of rotatable bonds is 4. The van der Waals surface area contributed by atoms with Crippen LogP contribution in [-0.2, 0) is 0 Å². The van der Waals surface area contributed by atoms with Crippen LogP contribution in [0.1, 0.15) is 39.2 Å². The summed E-state index contributed by atoms with van der Waals surface area (Å²) in [7, 11) is 0. The van der Waals surface area contributed by atoms with E-state index in [1.807, 2.05) is 0 Å². The molecule has 0 unspecified atom stereocenters. The third kappa shape index (κ3) is 2.22. The van der Waals surface area contributed by atoms with E-state index in [1.165, 1.54) is 0 Å². The normalized spacial score (nSPS) is 13.1. The molecule has 0 saturated carbocycles. The predicted molar refractivity (Wildman–Crippen MR) is 69.6 cm³/mol. The van der Waals surface area contributed by atoms with Gasteiger partial charge in [-0.15, -0.1) is 0 Å². The fraction of sp³-hybridized carbons (Fsp3) is 0.500. The molecule has 4 nitrogen and oxygen atoms in total. The molecule has 0 aliphatic carbocycles. The van der Waals surface area contributed by atoms with E-state index < -0.39 is 0 Å². The fourth-order valence-corrected chi connectivity index (χ4v) is 2.34. The number of hydrogen-bond acceptors (Lipinski definition) is 2. The van der Waals surface area contributed by atoms with Crippen LogP contribution in [0.15, 0.2) is 17.1 Å². The van der Waals surface area contributed by atoms with E-state index in [-0.39, 0.29) is 11.7 Å².